The van der Waals surface area contributed by atoms with Crippen molar-refractivity contribution in [1.29, 1.82) is 0 Å². The molecule has 0 saturated heterocycles. The Bertz CT molecular complexity index is 927. The van der Waals surface area contributed by atoms with Crippen LogP contribution in [0.5, 0.6) is 11.5 Å². The average Bonchev–Trinajstić information content (AvgIpc) is 3.17. The monoisotopic (exact) mass is 402 g/mol. The van der Waals surface area contributed by atoms with Crippen LogP contribution in [0.3, 0.4) is 0 Å². The molecule has 0 spiro atoms. The molecule has 0 aliphatic carbocycles. The summed E-state index contributed by atoms with van der Waals surface area (Å²) in [6.07, 6.45) is 2.70. The molecule has 0 saturated carbocycles. The molecule has 28 heavy (non-hydrogen) atoms. The van der Waals surface area contributed by atoms with Crippen molar-refractivity contribution in [2.45, 2.75) is 0 Å². The van der Waals surface area contributed by atoms with E-state index >= 15 is 0 Å². The van der Waals surface area contributed by atoms with Gasteiger partial charge in [0, 0.05) is 16.7 Å². The number of halogens is 1. The van der Waals surface area contributed by atoms with E-state index < -0.39 is 24.4 Å². The van der Waals surface area contributed by atoms with Crippen LogP contribution in [0.15, 0.2) is 48.5 Å². The first-order valence-corrected chi connectivity index (χ1v) is 8.48. The average molecular weight is 403 g/mol. The lowest BCUT2D eigenvalue weighted by atomic mass is 10.2. The predicted molar refractivity (Wildman–Crippen MR) is 99.6 cm³/mol. The third-order valence-electron chi connectivity index (χ3n) is 3.58. The smallest absolute Gasteiger partial charge is 0.331 e. The number of hydrogen-bond acceptors (Lipinski definition) is 6. The first-order chi connectivity index (χ1) is 13.5. The van der Waals surface area contributed by atoms with Crippen LogP contribution in [0, 0.1) is 0 Å². The quantitative estimate of drug-likeness (QED) is 0.451. The Kier molecular flexibility index (Phi) is 6.13. The molecule has 0 fully saturated rings. The fourth-order valence-electron chi connectivity index (χ4n) is 2.20. The molecule has 0 atom stereocenters. The molecule has 8 nitrogen and oxygen atoms in total. The summed E-state index contributed by atoms with van der Waals surface area (Å²) in [7, 11) is 0. The maximum Gasteiger partial charge on any atom is 0.331 e. The Labute approximate surface area is 165 Å². The zero-order chi connectivity index (χ0) is 19.9. The van der Waals surface area contributed by atoms with E-state index in [1.807, 2.05) is 0 Å². The minimum atomic E-state index is -0.711. The van der Waals surface area contributed by atoms with Crippen LogP contribution >= 0.6 is 11.6 Å². The molecule has 0 bridgehead atoms. The summed E-state index contributed by atoms with van der Waals surface area (Å²) in [6.45, 7) is -0.389. The van der Waals surface area contributed by atoms with E-state index in [0.29, 0.717) is 27.6 Å². The summed E-state index contributed by atoms with van der Waals surface area (Å²) in [5.41, 5.74) is 5.38. The molecule has 1 heterocycles. The minimum absolute atomic E-state index is 0.161. The highest BCUT2D eigenvalue weighted by Crippen LogP contribution is 2.32. The summed E-state index contributed by atoms with van der Waals surface area (Å²) in [4.78, 5) is 35.2. The van der Waals surface area contributed by atoms with Gasteiger partial charge in [-0.05, 0) is 48.0 Å². The van der Waals surface area contributed by atoms with Crippen LogP contribution in [-0.2, 0) is 14.3 Å². The van der Waals surface area contributed by atoms with Gasteiger partial charge in [0.25, 0.3) is 11.8 Å². The second-order valence-electron chi connectivity index (χ2n) is 5.56. The third-order valence-corrected chi connectivity index (χ3v) is 3.83. The lowest BCUT2D eigenvalue weighted by Crippen LogP contribution is -2.43. The molecule has 0 aromatic heterocycles. The minimum Gasteiger partial charge on any atom is -0.454 e. The van der Waals surface area contributed by atoms with Crippen LogP contribution < -0.4 is 20.3 Å². The summed E-state index contributed by atoms with van der Waals surface area (Å²) in [5.74, 6) is -0.702. The van der Waals surface area contributed by atoms with Crippen molar-refractivity contribution in [2.24, 2.45) is 0 Å². The molecule has 0 radical (unpaired) electrons. The van der Waals surface area contributed by atoms with E-state index in [1.165, 1.54) is 24.3 Å². The second kappa shape index (κ2) is 8.92. The van der Waals surface area contributed by atoms with E-state index in [0.717, 1.165) is 0 Å². The lowest BCUT2D eigenvalue weighted by Gasteiger charge is -2.07. The zero-order valence-corrected chi connectivity index (χ0v) is 15.2. The Morgan fingerprint density at radius 1 is 1.04 bits per heavy atom. The molecule has 2 aromatic carbocycles. The summed E-state index contributed by atoms with van der Waals surface area (Å²) >= 11 is 5.74. The zero-order valence-electron chi connectivity index (χ0n) is 14.4. The van der Waals surface area contributed by atoms with Gasteiger partial charge in [0.2, 0.25) is 6.79 Å². The molecular formula is C19H15ClN2O6. The van der Waals surface area contributed by atoms with Crippen molar-refractivity contribution in [1.82, 2.24) is 10.9 Å². The van der Waals surface area contributed by atoms with Crippen LogP contribution in [0.2, 0.25) is 5.02 Å². The number of esters is 1. The molecule has 0 unspecified atom stereocenters. The number of hydrogen-bond donors (Lipinski definition) is 2. The highest BCUT2D eigenvalue weighted by molar-refractivity contribution is 6.30. The number of benzene rings is 2. The molecule has 1 aliphatic heterocycles. The van der Waals surface area contributed by atoms with Gasteiger partial charge in [-0.1, -0.05) is 17.7 Å². The molecule has 2 aromatic rings. The van der Waals surface area contributed by atoms with Gasteiger partial charge < -0.3 is 14.2 Å². The number of nitrogens with one attached hydrogen (secondary N) is 2. The van der Waals surface area contributed by atoms with Gasteiger partial charge >= 0.3 is 5.97 Å². The Morgan fingerprint density at radius 3 is 2.57 bits per heavy atom. The van der Waals surface area contributed by atoms with Crippen molar-refractivity contribution >= 4 is 35.5 Å². The summed E-state index contributed by atoms with van der Waals surface area (Å²) < 4.78 is 15.3. The van der Waals surface area contributed by atoms with Crippen molar-refractivity contribution in [3.8, 4) is 11.5 Å². The van der Waals surface area contributed by atoms with Gasteiger partial charge in [-0.15, -0.1) is 0 Å². The number of ether oxygens (including phenoxy) is 3. The number of fused-ring (bicyclic) bond motifs is 1. The van der Waals surface area contributed by atoms with Crippen LogP contribution in [-0.4, -0.2) is 31.2 Å². The van der Waals surface area contributed by atoms with Gasteiger partial charge in [0.1, 0.15) is 0 Å². The van der Waals surface area contributed by atoms with Crippen LogP contribution in [0.1, 0.15) is 15.9 Å². The van der Waals surface area contributed by atoms with E-state index in [9.17, 15) is 14.4 Å². The summed E-state index contributed by atoms with van der Waals surface area (Å²) in [5, 5.41) is 0.487. The highest BCUT2D eigenvalue weighted by atomic mass is 35.5. The molecule has 2 amide bonds. The van der Waals surface area contributed by atoms with Crippen LogP contribution in [0.4, 0.5) is 0 Å². The first kappa shape index (κ1) is 19.2. The number of carbonyl (C=O) groups excluding carboxylic acids is 3. The molecule has 144 valence electrons. The van der Waals surface area contributed by atoms with Crippen molar-refractivity contribution in [3.05, 3.63) is 64.7 Å². The maximum atomic E-state index is 11.8. The van der Waals surface area contributed by atoms with Gasteiger partial charge in [0.15, 0.2) is 18.1 Å². The Balaban J connectivity index is 1.40. The fraction of sp³-hybridized carbons (Fsp3) is 0.105. The number of rotatable bonds is 5. The number of carbonyl (C=O) groups is 3. The standard InChI is InChI=1S/C19H15ClN2O6/c20-14-5-3-13(4-6-14)19(25)22-21-17(23)10-26-18(24)8-2-12-1-7-15-16(9-12)28-11-27-15/h1-9H,10-11H2,(H,21,23)(H,22,25). The van der Waals surface area contributed by atoms with E-state index in [4.69, 9.17) is 25.8 Å². The third kappa shape index (κ3) is 5.24. The van der Waals surface area contributed by atoms with Crippen molar-refractivity contribution < 1.29 is 28.6 Å². The summed E-state index contributed by atoms with van der Waals surface area (Å²) in [6, 6.07) is 11.3. The largest absolute Gasteiger partial charge is 0.454 e. The van der Waals surface area contributed by atoms with Gasteiger partial charge in [-0.2, -0.15) is 0 Å². The van der Waals surface area contributed by atoms with E-state index in [-0.39, 0.29) is 6.79 Å². The molecular weight excluding hydrogens is 388 g/mol. The molecule has 3 rings (SSSR count). The molecule has 1 aliphatic rings. The fourth-order valence-corrected chi connectivity index (χ4v) is 2.33. The second-order valence-corrected chi connectivity index (χ2v) is 6.00. The van der Waals surface area contributed by atoms with Gasteiger partial charge in [0.05, 0.1) is 0 Å². The van der Waals surface area contributed by atoms with Gasteiger partial charge in [-0.25, -0.2) is 4.79 Å². The maximum absolute atomic E-state index is 11.8. The van der Waals surface area contributed by atoms with Crippen molar-refractivity contribution in [3.63, 3.8) is 0 Å². The number of hydrazine groups is 1. The number of amides is 2. The normalized spacial score (nSPS) is 11.9. The highest BCUT2D eigenvalue weighted by Gasteiger charge is 2.12. The van der Waals surface area contributed by atoms with Gasteiger partial charge in [-0.3, -0.25) is 20.4 Å². The van der Waals surface area contributed by atoms with E-state index in [1.54, 1.807) is 30.3 Å². The predicted octanol–water partition coefficient (Wildman–Crippen LogP) is 2.09. The topological polar surface area (TPSA) is 103 Å². The Morgan fingerprint density at radius 2 is 1.79 bits per heavy atom. The molecule has 9 heteroatoms. The SMILES string of the molecule is O=C(COC(=O)C=Cc1ccc2c(c1)OCO2)NNC(=O)c1ccc(Cl)cc1. The Hall–Kier alpha value is -3.52. The van der Waals surface area contributed by atoms with Crippen molar-refractivity contribution in [2.75, 3.05) is 13.4 Å². The van der Waals surface area contributed by atoms with Crippen LogP contribution in [0.25, 0.3) is 6.08 Å². The molecule has 2 N–H and O–H groups in total. The lowest BCUT2D eigenvalue weighted by molar-refractivity contribution is -0.144. The van der Waals surface area contributed by atoms with E-state index in [2.05, 4.69) is 10.9 Å². The first-order valence-electron chi connectivity index (χ1n) is 8.10.